The van der Waals surface area contributed by atoms with Crippen molar-refractivity contribution < 1.29 is 14.6 Å². The standard InChI is InChI=1S/C15H26O3/c1-12(16)18-11-5-8-15(17)9-6-13(7-10-15)14(2,3)4/h5,8,13,17H,6-7,9-11H2,1-4H3. The molecule has 3 heteroatoms. The monoisotopic (exact) mass is 254 g/mol. The van der Waals surface area contributed by atoms with Crippen molar-refractivity contribution in [3.63, 3.8) is 0 Å². The zero-order valence-corrected chi connectivity index (χ0v) is 12.0. The number of carbonyl (C=O) groups is 1. The highest BCUT2D eigenvalue weighted by atomic mass is 16.5. The molecule has 104 valence electrons. The quantitative estimate of drug-likeness (QED) is 0.622. The lowest BCUT2D eigenvalue weighted by molar-refractivity contribution is -0.139. The molecule has 0 aromatic carbocycles. The molecule has 1 N–H and O–H groups in total. The normalized spacial score (nSPS) is 29.5. The zero-order valence-electron chi connectivity index (χ0n) is 12.0. The van der Waals surface area contributed by atoms with Gasteiger partial charge < -0.3 is 9.84 Å². The number of ether oxygens (including phenoxy) is 1. The maximum Gasteiger partial charge on any atom is 0.302 e. The lowest BCUT2D eigenvalue weighted by atomic mass is 9.68. The van der Waals surface area contributed by atoms with Gasteiger partial charge >= 0.3 is 5.97 Å². The van der Waals surface area contributed by atoms with Crippen molar-refractivity contribution in [2.75, 3.05) is 6.61 Å². The predicted octanol–water partition coefficient (Wildman–Crippen LogP) is 3.07. The Morgan fingerprint density at radius 1 is 1.39 bits per heavy atom. The van der Waals surface area contributed by atoms with Gasteiger partial charge in [-0.1, -0.05) is 26.8 Å². The van der Waals surface area contributed by atoms with E-state index in [0.29, 0.717) is 11.3 Å². The molecule has 0 atom stereocenters. The fourth-order valence-corrected chi connectivity index (χ4v) is 2.58. The Morgan fingerprint density at radius 2 is 1.94 bits per heavy atom. The lowest BCUT2D eigenvalue weighted by Gasteiger charge is -2.40. The maximum atomic E-state index is 10.6. The Hall–Kier alpha value is -0.830. The van der Waals surface area contributed by atoms with Gasteiger partial charge in [0.2, 0.25) is 0 Å². The van der Waals surface area contributed by atoms with Gasteiger partial charge in [0.05, 0.1) is 5.60 Å². The highest BCUT2D eigenvalue weighted by Gasteiger charge is 2.35. The van der Waals surface area contributed by atoms with Gasteiger partial charge in [-0.3, -0.25) is 4.79 Å². The molecule has 1 fully saturated rings. The van der Waals surface area contributed by atoms with Crippen LogP contribution in [-0.2, 0) is 9.53 Å². The summed E-state index contributed by atoms with van der Waals surface area (Å²) in [7, 11) is 0. The molecule has 18 heavy (non-hydrogen) atoms. The first-order valence-corrected chi connectivity index (χ1v) is 6.76. The van der Waals surface area contributed by atoms with Gasteiger partial charge in [0, 0.05) is 6.92 Å². The van der Waals surface area contributed by atoms with Crippen molar-refractivity contribution in [3.8, 4) is 0 Å². The van der Waals surface area contributed by atoms with Crippen LogP contribution in [-0.4, -0.2) is 23.3 Å². The molecule has 0 amide bonds. The molecule has 0 heterocycles. The largest absolute Gasteiger partial charge is 0.462 e. The van der Waals surface area contributed by atoms with Crippen LogP contribution in [0.15, 0.2) is 12.2 Å². The van der Waals surface area contributed by atoms with E-state index in [2.05, 4.69) is 20.8 Å². The van der Waals surface area contributed by atoms with Gasteiger partial charge in [-0.15, -0.1) is 0 Å². The summed E-state index contributed by atoms with van der Waals surface area (Å²) in [5.41, 5.74) is -0.384. The van der Waals surface area contributed by atoms with Gasteiger partial charge in [-0.25, -0.2) is 0 Å². The molecule has 0 saturated heterocycles. The average molecular weight is 254 g/mol. The average Bonchev–Trinajstić information content (AvgIpc) is 2.23. The van der Waals surface area contributed by atoms with E-state index < -0.39 is 5.60 Å². The third-order valence-corrected chi connectivity index (χ3v) is 3.89. The van der Waals surface area contributed by atoms with Crippen LogP contribution >= 0.6 is 0 Å². The van der Waals surface area contributed by atoms with E-state index in [1.807, 2.05) is 0 Å². The highest BCUT2D eigenvalue weighted by molar-refractivity contribution is 5.65. The van der Waals surface area contributed by atoms with Crippen LogP contribution in [0.3, 0.4) is 0 Å². The van der Waals surface area contributed by atoms with Gasteiger partial charge in [-0.05, 0) is 43.1 Å². The molecule has 0 aliphatic heterocycles. The molecular weight excluding hydrogens is 228 g/mol. The van der Waals surface area contributed by atoms with Crippen LogP contribution in [0.2, 0.25) is 0 Å². The molecule has 3 nitrogen and oxygen atoms in total. The fourth-order valence-electron chi connectivity index (χ4n) is 2.58. The molecule has 0 bridgehead atoms. The molecule has 1 rings (SSSR count). The molecule has 0 aromatic rings. The van der Waals surface area contributed by atoms with Gasteiger partial charge in [-0.2, -0.15) is 0 Å². The Kier molecular flexibility index (Phi) is 4.97. The molecule has 0 unspecified atom stereocenters. The third kappa shape index (κ3) is 4.81. The minimum atomic E-state index is -0.706. The molecular formula is C15H26O3. The van der Waals surface area contributed by atoms with Crippen LogP contribution in [0.25, 0.3) is 0 Å². The first-order valence-electron chi connectivity index (χ1n) is 6.76. The predicted molar refractivity (Wildman–Crippen MR) is 72.1 cm³/mol. The highest BCUT2D eigenvalue weighted by Crippen LogP contribution is 2.41. The Bertz CT molecular complexity index is 304. The van der Waals surface area contributed by atoms with E-state index in [9.17, 15) is 9.90 Å². The molecule has 1 aliphatic carbocycles. The van der Waals surface area contributed by atoms with Crippen molar-refractivity contribution in [3.05, 3.63) is 12.2 Å². The number of carbonyl (C=O) groups excluding carboxylic acids is 1. The van der Waals surface area contributed by atoms with Gasteiger partial charge in [0.15, 0.2) is 0 Å². The summed E-state index contributed by atoms with van der Waals surface area (Å²) in [6.45, 7) is 8.42. The zero-order chi connectivity index (χ0) is 13.8. The first kappa shape index (κ1) is 15.2. The molecule has 1 aliphatic rings. The Labute approximate surface area is 110 Å². The van der Waals surface area contributed by atoms with Crippen LogP contribution in [0.1, 0.15) is 53.4 Å². The molecule has 0 radical (unpaired) electrons. The van der Waals surface area contributed by atoms with Crippen LogP contribution in [0.4, 0.5) is 0 Å². The van der Waals surface area contributed by atoms with E-state index >= 15 is 0 Å². The van der Waals surface area contributed by atoms with Crippen molar-refractivity contribution in [1.29, 1.82) is 0 Å². The second kappa shape index (κ2) is 5.87. The maximum absolute atomic E-state index is 10.6. The third-order valence-electron chi connectivity index (χ3n) is 3.89. The van der Waals surface area contributed by atoms with Gasteiger partial charge in [0.1, 0.15) is 6.61 Å². The van der Waals surface area contributed by atoms with Crippen LogP contribution in [0, 0.1) is 11.3 Å². The van der Waals surface area contributed by atoms with Crippen molar-refractivity contribution in [2.24, 2.45) is 11.3 Å². The van der Waals surface area contributed by atoms with E-state index in [4.69, 9.17) is 4.74 Å². The molecule has 1 saturated carbocycles. The summed E-state index contributed by atoms with van der Waals surface area (Å²) < 4.78 is 4.82. The van der Waals surface area contributed by atoms with Crippen LogP contribution in [0.5, 0.6) is 0 Å². The molecule has 0 spiro atoms. The van der Waals surface area contributed by atoms with Crippen molar-refractivity contribution in [2.45, 2.75) is 59.0 Å². The molecule has 0 aromatic heterocycles. The first-order chi connectivity index (χ1) is 8.23. The SMILES string of the molecule is CC(=O)OCC=CC1(O)CCC(C(C)(C)C)CC1. The van der Waals surface area contributed by atoms with Gasteiger partial charge in [0.25, 0.3) is 0 Å². The van der Waals surface area contributed by atoms with Crippen molar-refractivity contribution in [1.82, 2.24) is 0 Å². The topological polar surface area (TPSA) is 46.5 Å². The minimum Gasteiger partial charge on any atom is -0.462 e. The number of esters is 1. The smallest absolute Gasteiger partial charge is 0.302 e. The summed E-state index contributed by atoms with van der Waals surface area (Å²) in [6, 6.07) is 0. The van der Waals surface area contributed by atoms with Crippen molar-refractivity contribution >= 4 is 5.97 Å². The summed E-state index contributed by atoms with van der Waals surface area (Å²) in [5, 5.41) is 10.4. The summed E-state index contributed by atoms with van der Waals surface area (Å²) in [4.78, 5) is 10.6. The van der Waals surface area contributed by atoms with E-state index in [1.165, 1.54) is 6.92 Å². The number of aliphatic hydroxyl groups is 1. The number of rotatable bonds is 3. The summed E-state index contributed by atoms with van der Waals surface area (Å²) in [6.07, 6.45) is 7.25. The minimum absolute atomic E-state index is 0.250. The second-order valence-electron chi connectivity index (χ2n) is 6.45. The number of hydrogen-bond donors (Lipinski definition) is 1. The number of hydrogen-bond acceptors (Lipinski definition) is 3. The van der Waals surface area contributed by atoms with E-state index in [1.54, 1.807) is 12.2 Å². The Balaban J connectivity index is 2.42. The summed E-state index contributed by atoms with van der Waals surface area (Å²) >= 11 is 0. The van der Waals surface area contributed by atoms with Crippen LogP contribution < -0.4 is 0 Å². The van der Waals surface area contributed by atoms with E-state index in [0.717, 1.165) is 25.7 Å². The Morgan fingerprint density at radius 3 is 2.39 bits per heavy atom. The lowest BCUT2D eigenvalue weighted by Crippen LogP contribution is -2.35. The van der Waals surface area contributed by atoms with E-state index in [-0.39, 0.29) is 12.6 Å². The second-order valence-corrected chi connectivity index (χ2v) is 6.45. The summed E-state index contributed by atoms with van der Waals surface area (Å²) in [5.74, 6) is 0.391. The fraction of sp³-hybridized carbons (Fsp3) is 0.800.